The molecule has 0 fully saturated rings. The zero-order chi connectivity index (χ0) is 46.7. The number of carbonyl (C=O) groups excluding carboxylic acids is 2. The number of hydrogen-bond acceptors (Lipinski definition) is 13. The third-order valence-electron chi connectivity index (χ3n) is 10.7. The first-order valence-corrected chi connectivity index (χ1v) is 21.6. The SMILES string of the molecule is Cn1ncnc1C1c2n[nH]c(=O)c3cc(F)cc(c23)N[C@@H]1c1ccc(CC(=O)CCOCCCOc2ccc(S(=O)(=O)C[C@](C)(O)C(=O)Nc3ccc(C#N)c(C(F)(F)F)c3)cc2)cc1. The molecule has 1 aliphatic rings. The van der Waals surface area contributed by atoms with Crippen LogP contribution in [0.4, 0.5) is 28.9 Å². The largest absolute Gasteiger partial charge is 0.494 e. The third kappa shape index (κ3) is 10.4. The fourth-order valence-electron chi connectivity index (χ4n) is 7.45. The summed E-state index contributed by atoms with van der Waals surface area (Å²) in [7, 11) is -2.53. The monoisotopic (exact) mass is 916 g/mol. The second-order valence-corrected chi connectivity index (χ2v) is 17.5. The van der Waals surface area contributed by atoms with Crippen molar-refractivity contribution in [3.05, 3.63) is 135 Å². The molecule has 2 aromatic heterocycles. The lowest BCUT2D eigenvalue weighted by Crippen LogP contribution is -2.45. The zero-order valence-corrected chi connectivity index (χ0v) is 35.5. The molecule has 3 heterocycles. The molecule has 0 spiro atoms. The molecule has 4 aromatic carbocycles. The minimum atomic E-state index is -4.90. The predicted molar refractivity (Wildman–Crippen MR) is 226 cm³/mol. The molecule has 1 aliphatic heterocycles. The molecule has 1 amide bonds. The number of rotatable bonds is 17. The van der Waals surface area contributed by atoms with Crippen molar-refractivity contribution in [1.82, 2.24) is 25.0 Å². The quantitative estimate of drug-likeness (QED) is 0.0652. The molecule has 4 N–H and O–H groups in total. The Hall–Kier alpha value is -7.02. The van der Waals surface area contributed by atoms with Gasteiger partial charge < -0.3 is 25.2 Å². The Morgan fingerprint density at radius 3 is 2.43 bits per heavy atom. The van der Waals surface area contributed by atoms with Crippen molar-refractivity contribution in [2.75, 3.05) is 36.2 Å². The van der Waals surface area contributed by atoms with Gasteiger partial charge >= 0.3 is 6.18 Å². The highest BCUT2D eigenvalue weighted by molar-refractivity contribution is 7.91. The van der Waals surface area contributed by atoms with E-state index in [4.69, 9.17) is 14.7 Å². The van der Waals surface area contributed by atoms with Crippen molar-refractivity contribution in [1.29, 1.82) is 5.26 Å². The number of aryl methyl sites for hydroxylation is 1. The van der Waals surface area contributed by atoms with Gasteiger partial charge in [-0.2, -0.15) is 28.6 Å². The van der Waals surface area contributed by atoms with Crippen molar-refractivity contribution >= 4 is 43.7 Å². The summed E-state index contributed by atoms with van der Waals surface area (Å²) in [5, 5.41) is 36.9. The van der Waals surface area contributed by atoms with Crippen molar-refractivity contribution in [3.8, 4) is 11.8 Å². The molecular weight excluding hydrogens is 877 g/mol. The van der Waals surface area contributed by atoms with Gasteiger partial charge in [-0.05, 0) is 72.6 Å². The number of nitrogens with zero attached hydrogens (tertiary/aromatic N) is 5. The standard InChI is InChI=1S/C44H40F4N8O8S/c1-43(60,42(59)52-29-9-8-27(22-49)34(21-29)44(46,47)48)23-65(61,62)32-12-10-31(11-13-32)64-16-3-15-63-17-14-30(57)18-25-4-6-26(7-5-25)38-37(40-50-24-51-56(40)2)39-36-33(41(58)55-54-39)19-28(45)20-35(36)53-38/h4-13,19-21,24,37-38,53,60H,3,14-18,23H2,1-2H3,(H,52,59)(H,55,58)/t37?,38-,43+/m1/s1. The number of hydrogen-bond donors (Lipinski definition) is 4. The molecular formula is C44H40F4N8O8S. The highest BCUT2D eigenvalue weighted by Crippen LogP contribution is 2.46. The Bertz CT molecular complexity index is 2970. The maximum Gasteiger partial charge on any atom is 0.417 e. The Balaban J connectivity index is 0.848. The topological polar surface area (TPSA) is 231 Å². The Kier molecular flexibility index (Phi) is 13.2. The normalized spacial score (nSPS) is 15.7. The van der Waals surface area contributed by atoms with Crippen LogP contribution in [0.1, 0.15) is 65.5 Å². The van der Waals surface area contributed by atoms with Gasteiger partial charge in [0.05, 0.1) is 64.1 Å². The number of anilines is 2. The zero-order valence-electron chi connectivity index (χ0n) is 34.6. The van der Waals surface area contributed by atoms with Crippen LogP contribution in [-0.2, 0) is 43.8 Å². The van der Waals surface area contributed by atoms with Gasteiger partial charge in [0.1, 0.15) is 29.5 Å². The number of aliphatic hydroxyl groups is 1. The number of sulfone groups is 1. The molecule has 0 aliphatic carbocycles. The summed E-state index contributed by atoms with van der Waals surface area (Å²) in [4.78, 5) is 42.4. The molecule has 1 unspecified atom stereocenters. The lowest BCUT2D eigenvalue weighted by atomic mass is 9.83. The molecule has 21 heteroatoms. The van der Waals surface area contributed by atoms with Gasteiger partial charge in [-0.15, -0.1) is 0 Å². The number of carbonyl (C=O) groups is 2. The van der Waals surface area contributed by atoms with E-state index in [1.165, 1.54) is 48.8 Å². The minimum absolute atomic E-state index is 0.0472. The molecule has 0 radical (unpaired) electrons. The summed E-state index contributed by atoms with van der Waals surface area (Å²) >= 11 is 0. The number of ketones is 1. The Morgan fingerprint density at radius 2 is 1.75 bits per heavy atom. The van der Waals surface area contributed by atoms with Crippen LogP contribution in [0.25, 0.3) is 10.8 Å². The van der Waals surface area contributed by atoms with Gasteiger partial charge in [0.2, 0.25) is 0 Å². The highest BCUT2D eigenvalue weighted by atomic mass is 32.2. The van der Waals surface area contributed by atoms with Crippen LogP contribution in [0, 0.1) is 17.1 Å². The van der Waals surface area contributed by atoms with Crippen LogP contribution >= 0.6 is 0 Å². The minimum Gasteiger partial charge on any atom is -0.494 e. The summed E-state index contributed by atoms with van der Waals surface area (Å²) in [6.07, 6.45) is -2.71. The first-order valence-electron chi connectivity index (χ1n) is 20.0. The van der Waals surface area contributed by atoms with E-state index in [0.29, 0.717) is 40.8 Å². The van der Waals surface area contributed by atoms with E-state index in [1.807, 2.05) is 24.3 Å². The molecule has 6 aromatic rings. The smallest absolute Gasteiger partial charge is 0.417 e. The van der Waals surface area contributed by atoms with E-state index < -0.39 is 73.4 Å². The molecule has 338 valence electrons. The van der Waals surface area contributed by atoms with Crippen LogP contribution in [0.5, 0.6) is 5.75 Å². The molecule has 16 nitrogen and oxygen atoms in total. The van der Waals surface area contributed by atoms with E-state index >= 15 is 0 Å². The number of aromatic nitrogens is 5. The average molecular weight is 917 g/mol. The molecule has 65 heavy (non-hydrogen) atoms. The van der Waals surface area contributed by atoms with Crippen LogP contribution in [0.3, 0.4) is 0 Å². The number of amides is 1. The fourth-order valence-corrected chi connectivity index (χ4v) is 9.04. The predicted octanol–water partition coefficient (Wildman–Crippen LogP) is 5.53. The summed E-state index contributed by atoms with van der Waals surface area (Å²) in [6.45, 7) is 1.56. The number of H-pyrrole nitrogens is 1. The lowest BCUT2D eigenvalue weighted by molar-refractivity contribution is -0.138. The highest BCUT2D eigenvalue weighted by Gasteiger charge is 2.39. The van der Waals surface area contributed by atoms with Crippen molar-refractivity contribution in [2.24, 2.45) is 7.05 Å². The molecule has 7 rings (SSSR count). The maximum absolute atomic E-state index is 14.6. The van der Waals surface area contributed by atoms with Crippen molar-refractivity contribution < 1.29 is 50.1 Å². The number of Topliss-reactive ketones (excluding diaryl/α,β-unsaturated/α-hetero) is 1. The van der Waals surface area contributed by atoms with E-state index in [0.717, 1.165) is 30.2 Å². The van der Waals surface area contributed by atoms with E-state index in [-0.39, 0.29) is 48.7 Å². The van der Waals surface area contributed by atoms with E-state index in [1.54, 1.807) is 11.7 Å². The van der Waals surface area contributed by atoms with Gasteiger partial charge in [0.25, 0.3) is 11.5 Å². The summed E-state index contributed by atoms with van der Waals surface area (Å²) in [5.74, 6) is -2.60. The number of ether oxygens (including phenoxy) is 2. The molecule has 0 saturated heterocycles. The first-order chi connectivity index (χ1) is 30.8. The van der Waals surface area contributed by atoms with Gasteiger partial charge in [0.15, 0.2) is 15.4 Å². The van der Waals surface area contributed by atoms with Gasteiger partial charge in [-0.1, -0.05) is 24.3 Å². The Morgan fingerprint density at radius 1 is 1.02 bits per heavy atom. The van der Waals surface area contributed by atoms with Crippen molar-refractivity contribution in [3.63, 3.8) is 0 Å². The number of nitriles is 1. The number of nitrogens with one attached hydrogen (secondary N) is 3. The van der Waals surface area contributed by atoms with Crippen LogP contribution < -0.4 is 20.9 Å². The summed E-state index contributed by atoms with van der Waals surface area (Å²) in [5.41, 5.74) is -2.92. The number of benzene rings is 4. The molecule has 3 atom stereocenters. The second-order valence-electron chi connectivity index (χ2n) is 15.5. The van der Waals surface area contributed by atoms with E-state index in [2.05, 4.69) is 30.9 Å². The maximum atomic E-state index is 14.6. The van der Waals surface area contributed by atoms with Gasteiger partial charge in [0, 0.05) is 49.7 Å². The number of alkyl halides is 3. The van der Waals surface area contributed by atoms with Gasteiger partial charge in [-0.25, -0.2) is 22.9 Å². The number of halogens is 4. The Labute approximate surface area is 368 Å². The fraction of sp³-hybridized carbons (Fsp3) is 0.295. The third-order valence-corrected chi connectivity index (χ3v) is 12.6. The number of aromatic amines is 1. The summed E-state index contributed by atoms with van der Waals surface area (Å²) < 4.78 is 93.7. The van der Waals surface area contributed by atoms with Crippen molar-refractivity contribution in [2.45, 2.75) is 54.8 Å². The second kappa shape index (κ2) is 18.6. The van der Waals surface area contributed by atoms with Crippen LogP contribution in [0.15, 0.2) is 94.9 Å². The van der Waals surface area contributed by atoms with E-state index in [9.17, 15) is 45.5 Å². The van der Waals surface area contributed by atoms with Crippen LogP contribution in [-0.4, -0.2) is 81.4 Å². The van der Waals surface area contributed by atoms with Crippen LogP contribution in [0.2, 0.25) is 0 Å². The van der Waals surface area contributed by atoms with Gasteiger partial charge in [-0.3, -0.25) is 19.1 Å². The first kappa shape index (κ1) is 46.0. The lowest BCUT2D eigenvalue weighted by Gasteiger charge is -2.33. The average Bonchev–Trinajstić information content (AvgIpc) is 3.68. The molecule has 0 bridgehead atoms. The molecule has 0 saturated carbocycles. The summed E-state index contributed by atoms with van der Waals surface area (Å²) in [6, 6.07) is 18.4.